The minimum absolute atomic E-state index is 0.623. The van der Waals surface area contributed by atoms with Crippen LogP contribution in [0.1, 0.15) is 37.8 Å². The van der Waals surface area contributed by atoms with Gasteiger partial charge in [0.2, 0.25) is 0 Å². The SMILES string of the molecule is CC/C(=N\NC(=O)C(=O)N/N=C(\CC)c1ccccc1)c1ccccc1. The second kappa shape index (κ2) is 9.88. The highest BCUT2D eigenvalue weighted by molar-refractivity contribution is 6.35. The zero-order valence-electron chi connectivity index (χ0n) is 14.9. The summed E-state index contributed by atoms with van der Waals surface area (Å²) in [5.74, 6) is -1.72. The molecule has 0 aliphatic carbocycles. The Morgan fingerprint density at radius 2 is 1.04 bits per heavy atom. The molecule has 2 amide bonds. The van der Waals surface area contributed by atoms with Gasteiger partial charge in [-0.15, -0.1) is 0 Å². The van der Waals surface area contributed by atoms with Crippen LogP contribution in [0.5, 0.6) is 0 Å². The Bertz CT molecular complexity index is 730. The van der Waals surface area contributed by atoms with Crippen LogP contribution >= 0.6 is 0 Å². The number of hydrazone groups is 2. The van der Waals surface area contributed by atoms with Gasteiger partial charge < -0.3 is 0 Å². The molecule has 6 heteroatoms. The summed E-state index contributed by atoms with van der Waals surface area (Å²) >= 11 is 0. The van der Waals surface area contributed by atoms with Crippen LogP contribution in [0.4, 0.5) is 0 Å². The number of benzene rings is 2. The van der Waals surface area contributed by atoms with Crippen molar-refractivity contribution in [3.63, 3.8) is 0 Å². The molecule has 0 fully saturated rings. The first-order chi connectivity index (χ1) is 12.7. The van der Waals surface area contributed by atoms with Gasteiger partial charge in [-0.3, -0.25) is 9.59 Å². The molecule has 0 aliphatic heterocycles. The Hall–Kier alpha value is -3.28. The number of rotatable bonds is 6. The molecule has 6 nitrogen and oxygen atoms in total. The zero-order valence-corrected chi connectivity index (χ0v) is 14.9. The maximum Gasteiger partial charge on any atom is 0.331 e. The third-order valence-electron chi connectivity index (χ3n) is 3.67. The third-order valence-corrected chi connectivity index (χ3v) is 3.67. The zero-order chi connectivity index (χ0) is 18.8. The van der Waals surface area contributed by atoms with Gasteiger partial charge in [-0.1, -0.05) is 74.5 Å². The van der Waals surface area contributed by atoms with E-state index in [0.29, 0.717) is 24.3 Å². The number of carbonyl (C=O) groups is 2. The number of hydrogen-bond acceptors (Lipinski definition) is 4. The van der Waals surface area contributed by atoms with Gasteiger partial charge in [0.15, 0.2) is 0 Å². The highest BCUT2D eigenvalue weighted by Crippen LogP contribution is 2.04. The number of nitrogens with one attached hydrogen (secondary N) is 2. The summed E-state index contributed by atoms with van der Waals surface area (Å²) < 4.78 is 0. The highest BCUT2D eigenvalue weighted by atomic mass is 16.2. The topological polar surface area (TPSA) is 82.9 Å². The lowest BCUT2D eigenvalue weighted by molar-refractivity contribution is -0.139. The maximum atomic E-state index is 11.9. The molecule has 0 spiro atoms. The Kier molecular flexibility index (Phi) is 7.24. The molecule has 0 aliphatic rings. The van der Waals surface area contributed by atoms with Crippen molar-refractivity contribution in [2.45, 2.75) is 26.7 Å². The molecule has 26 heavy (non-hydrogen) atoms. The molecule has 0 heterocycles. The van der Waals surface area contributed by atoms with Gasteiger partial charge >= 0.3 is 11.8 Å². The predicted molar refractivity (Wildman–Crippen MR) is 103 cm³/mol. The van der Waals surface area contributed by atoms with Crippen molar-refractivity contribution < 1.29 is 9.59 Å². The van der Waals surface area contributed by atoms with Crippen molar-refractivity contribution in [3.8, 4) is 0 Å². The largest absolute Gasteiger partial charge is 0.331 e. The summed E-state index contributed by atoms with van der Waals surface area (Å²) in [5.41, 5.74) is 7.73. The lowest BCUT2D eigenvalue weighted by Crippen LogP contribution is -2.36. The first-order valence-corrected chi connectivity index (χ1v) is 8.50. The van der Waals surface area contributed by atoms with Crippen LogP contribution in [0.3, 0.4) is 0 Å². The lowest BCUT2D eigenvalue weighted by Gasteiger charge is -2.06. The van der Waals surface area contributed by atoms with Gasteiger partial charge in [0.1, 0.15) is 0 Å². The van der Waals surface area contributed by atoms with Gasteiger partial charge in [-0.25, -0.2) is 10.9 Å². The predicted octanol–water partition coefficient (Wildman–Crippen LogP) is 2.85. The van der Waals surface area contributed by atoms with Crippen molar-refractivity contribution in [2.75, 3.05) is 0 Å². The third kappa shape index (κ3) is 5.37. The van der Waals surface area contributed by atoms with E-state index >= 15 is 0 Å². The summed E-state index contributed by atoms with van der Waals surface area (Å²) in [6.45, 7) is 3.85. The molecule has 0 unspecified atom stereocenters. The van der Waals surface area contributed by atoms with Crippen molar-refractivity contribution in [2.24, 2.45) is 10.2 Å². The second-order valence-corrected chi connectivity index (χ2v) is 5.44. The number of amides is 2. The van der Waals surface area contributed by atoms with Gasteiger partial charge in [-0.05, 0) is 24.0 Å². The van der Waals surface area contributed by atoms with E-state index in [0.717, 1.165) is 11.1 Å². The lowest BCUT2D eigenvalue weighted by atomic mass is 10.1. The van der Waals surface area contributed by atoms with E-state index in [1.165, 1.54) is 0 Å². The van der Waals surface area contributed by atoms with Crippen LogP contribution in [0.25, 0.3) is 0 Å². The average molecular weight is 350 g/mol. The van der Waals surface area contributed by atoms with Crippen LogP contribution in [0, 0.1) is 0 Å². The molecule has 2 N–H and O–H groups in total. The minimum atomic E-state index is -0.862. The summed E-state index contributed by atoms with van der Waals surface area (Å²) in [5, 5.41) is 8.09. The summed E-state index contributed by atoms with van der Waals surface area (Å²) in [6, 6.07) is 18.9. The molecule has 0 saturated carbocycles. The minimum Gasteiger partial charge on any atom is -0.262 e. The van der Waals surface area contributed by atoms with Crippen LogP contribution in [-0.2, 0) is 9.59 Å². The molecule has 2 aromatic rings. The average Bonchev–Trinajstić information content (AvgIpc) is 2.70. The van der Waals surface area contributed by atoms with Crippen LogP contribution in [0.15, 0.2) is 70.9 Å². The van der Waals surface area contributed by atoms with Crippen LogP contribution < -0.4 is 10.9 Å². The fourth-order valence-electron chi connectivity index (χ4n) is 2.29. The van der Waals surface area contributed by atoms with E-state index in [2.05, 4.69) is 21.1 Å². The van der Waals surface area contributed by atoms with E-state index in [1.54, 1.807) is 0 Å². The number of hydrogen-bond donors (Lipinski definition) is 2. The summed E-state index contributed by atoms with van der Waals surface area (Å²) in [4.78, 5) is 23.9. The van der Waals surface area contributed by atoms with Crippen LogP contribution in [0.2, 0.25) is 0 Å². The molecular formula is C20H22N4O2. The van der Waals surface area contributed by atoms with Crippen molar-refractivity contribution in [1.29, 1.82) is 0 Å². The van der Waals surface area contributed by atoms with E-state index in [1.807, 2.05) is 74.5 Å². The maximum absolute atomic E-state index is 11.9. The Balaban J connectivity index is 2.00. The first kappa shape index (κ1) is 19.1. The molecule has 0 bridgehead atoms. The fraction of sp³-hybridized carbons (Fsp3) is 0.200. The molecular weight excluding hydrogens is 328 g/mol. The molecule has 0 saturated heterocycles. The smallest absolute Gasteiger partial charge is 0.262 e. The quantitative estimate of drug-likeness (QED) is 0.477. The van der Waals surface area contributed by atoms with Gasteiger partial charge in [-0.2, -0.15) is 10.2 Å². The number of carbonyl (C=O) groups excluding carboxylic acids is 2. The summed E-state index contributed by atoms with van der Waals surface area (Å²) in [7, 11) is 0. The highest BCUT2D eigenvalue weighted by Gasteiger charge is 2.13. The second-order valence-electron chi connectivity index (χ2n) is 5.44. The van der Waals surface area contributed by atoms with E-state index in [9.17, 15) is 9.59 Å². The van der Waals surface area contributed by atoms with E-state index in [-0.39, 0.29) is 0 Å². The van der Waals surface area contributed by atoms with Gasteiger partial charge in [0, 0.05) is 0 Å². The Labute approximate surface area is 153 Å². The first-order valence-electron chi connectivity index (χ1n) is 8.50. The Morgan fingerprint density at radius 1 is 0.692 bits per heavy atom. The molecule has 2 aromatic carbocycles. The van der Waals surface area contributed by atoms with Crippen LogP contribution in [-0.4, -0.2) is 23.2 Å². The van der Waals surface area contributed by atoms with Gasteiger partial charge in [0.05, 0.1) is 11.4 Å². The van der Waals surface area contributed by atoms with Gasteiger partial charge in [0.25, 0.3) is 0 Å². The molecule has 2 rings (SSSR count). The molecule has 0 aromatic heterocycles. The van der Waals surface area contributed by atoms with E-state index in [4.69, 9.17) is 0 Å². The standard InChI is InChI=1S/C20H22N4O2/c1-3-17(15-11-7-5-8-12-15)21-23-19(25)20(26)24-22-18(4-2)16-13-9-6-10-14-16/h5-14H,3-4H2,1-2H3,(H,23,25)(H,24,26)/b21-17+,22-18+. The number of nitrogens with zero attached hydrogens (tertiary/aromatic N) is 2. The fourth-order valence-corrected chi connectivity index (χ4v) is 2.29. The monoisotopic (exact) mass is 350 g/mol. The molecule has 134 valence electrons. The van der Waals surface area contributed by atoms with Crippen molar-refractivity contribution in [1.82, 2.24) is 10.9 Å². The molecule has 0 atom stereocenters. The van der Waals surface area contributed by atoms with E-state index < -0.39 is 11.8 Å². The normalized spacial score (nSPS) is 11.8. The van der Waals surface area contributed by atoms with Crippen molar-refractivity contribution >= 4 is 23.2 Å². The molecule has 0 radical (unpaired) electrons. The summed E-state index contributed by atoms with van der Waals surface area (Å²) in [6.07, 6.45) is 1.25. The Morgan fingerprint density at radius 3 is 1.35 bits per heavy atom. The van der Waals surface area contributed by atoms with Crippen molar-refractivity contribution in [3.05, 3.63) is 71.8 Å².